The van der Waals surface area contributed by atoms with E-state index < -0.39 is 0 Å². The number of nitrogens with zero attached hydrogens (tertiary/aromatic N) is 5. The highest BCUT2D eigenvalue weighted by Gasteiger charge is 2.27. The molecule has 1 saturated heterocycles. The van der Waals surface area contributed by atoms with Gasteiger partial charge in [0.15, 0.2) is 11.6 Å². The summed E-state index contributed by atoms with van der Waals surface area (Å²) >= 11 is 0. The Balaban J connectivity index is 1.43. The Labute approximate surface area is 168 Å². The van der Waals surface area contributed by atoms with Gasteiger partial charge >= 0.3 is 0 Å². The topological polar surface area (TPSA) is 75.9 Å². The number of aromatic nitrogens is 4. The molecule has 0 radical (unpaired) electrons. The molecule has 1 amide bonds. The molecule has 0 aliphatic carbocycles. The van der Waals surface area contributed by atoms with E-state index in [4.69, 9.17) is 0 Å². The molecule has 1 aliphatic heterocycles. The van der Waals surface area contributed by atoms with Gasteiger partial charge in [-0.1, -0.05) is 6.07 Å². The summed E-state index contributed by atoms with van der Waals surface area (Å²) in [7, 11) is 0. The minimum Gasteiger partial charge on any atom is -0.354 e. The first kappa shape index (κ1) is 19.0. The second-order valence-electron chi connectivity index (χ2n) is 7.33. The summed E-state index contributed by atoms with van der Waals surface area (Å²) in [5.41, 5.74) is 1.04. The highest BCUT2D eigenvalue weighted by molar-refractivity contribution is 5.93. The molecule has 3 heterocycles. The van der Waals surface area contributed by atoms with Gasteiger partial charge in [-0.05, 0) is 56.5 Å². The molecule has 1 aliphatic rings. The van der Waals surface area contributed by atoms with Crippen LogP contribution in [0.2, 0.25) is 0 Å². The second-order valence-corrected chi connectivity index (χ2v) is 7.33. The number of rotatable bonds is 4. The summed E-state index contributed by atoms with van der Waals surface area (Å²) in [6, 6.07) is 8.56. The van der Waals surface area contributed by atoms with E-state index >= 15 is 0 Å². The number of anilines is 2. The zero-order valence-electron chi connectivity index (χ0n) is 16.5. The number of aryl methyl sites for hydroxylation is 2. The van der Waals surface area contributed by atoms with E-state index in [1.807, 2.05) is 29.8 Å². The maximum absolute atomic E-state index is 13.7. The number of benzene rings is 1. The minimum absolute atomic E-state index is 0.100. The van der Waals surface area contributed by atoms with Crippen molar-refractivity contribution in [3.63, 3.8) is 0 Å². The Morgan fingerprint density at radius 3 is 2.66 bits per heavy atom. The van der Waals surface area contributed by atoms with Gasteiger partial charge in [0.2, 0.25) is 5.91 Å². The predicted octanol–water partition coefficient (Wildman–Crippen LogP) is 3.27. The average Bonchev–Trinajstić information content (AvgIpc) is 3.17. The third-order valence-electron chi connectivity index (χ3n) is 5.26. The molecule has 1 unspecified atom stereocenters. The molecule has 0 spiro atoms. The lowest BCUT2D eigenvalue weighted by atomic mass is 9.97. The highest BCUT2D eigenvalue weighted by Crippen LogP contribution is 2.23. The first-order chi connectivity index (χ1) is 14.0. The lowest BCUT2D eigenvalue weighted by Gasteiger charge is -2.32. The van der Waals surface area contributed by atoms with E-state index in [0.717, 1.165) is 31.0 Å². The van der Waals surface area contributed by atoms with Gasteiger partial charge in [0.1, 0.15) is 11.6 Å². The molecule has 29 heavy (non-hydrogen) atoms. The Morgan fingerprint density at radius 1 is 1.17 bits per heavy atom. The van der Waals surface area contributed by atoms with Crippen LogP contribution in [0.3, 0.4) is 0 Å². The largest absolute Gasteiger partial charge is 0.354 e. The predicted molar refractivity (Wildman–Crippen MR) is 109 cm³/mol. The van der Waals surface area contributed by atoms with Crippen LogP contribution in [0, 0.1) is 25.6 Å². The van der Waals surface area contributed by atoms with Crippen LogP contribution in [-0.2, 0) is 4.79 Å². The maximum atomic E-state index is 13.7. The van der Waals surface area contributed by atoms with Crippen LogP contribution in [0.5, 0.6) is 0 Å². The van der Waals surface area contributed by atoms with Crippen LogP contribution in [0.25, 0.3) is 5.82 Å². The number of imidazole rings is 1. The van der Waals surface area contributed by atoms with Crippen LogP contribution >= 0.6 is 0 Å². The van der Waals surface area contributed by atoms with E-state index in [-0.39, 0.29) is 17.6 Å². The Hall–Kier alpha value is -3.29. The number of hydrogen-bond donors (Lipinski definition) is 1. The van der Waals surface area contributed by atoms with Gasteiger partial charge in [0.05, 0.1) is 5.92 Å². The fraction of sp³-hybridized carbons (Fsp3) is 0.333. The minimum atomic E-state index is -0.323. The number of amides is 1. The second kappa shape index (κ2) is 7.98. The van der Waals surface area contributed by atoms with E-state index in [2.05, 4.69) is 25.4 Å². The third-order valence-corrected chi connectivity index (χ3v) is 5.26. The Kier molecular flexibility index (Phi) is 5.24. The summed E-state index contributed by atoms with van der Waals surface area (Å²) in [4.78, 5) is 18.9. The monoisotopic (exact) mass is 394 g/mol. The first-order valence-corrected chi connectivity index (χ1v) is 9.67. The molecule has 0 bridgehead atoms. The summed E-state index contributed by atoms with van der Waals surface area (Å²) in [5.74, 6) is 1.68. The van der Waals surface area contributed by atoms with Gasteiger partial charge in [-0.3, -0.25) is 9.36 Å². The molecule has 1 aromatic carbocycles. The highest BCUT2D eigenvalue weighted by atomic mass is 19.1. The lowest BCUT2D eigenvalue weighted by Crippen LogP contribution is -2.41. The SMILES string of the molecule is Cc1ccc(NC(=O)C2CCCN(c3ccc(-n4ccnc4C)nn3)C2)cc1F. The first-order valence-electron chi connectivity index (χ1n) is 9.67. The number of nitrogens with one attached hydrogen (secondary N) is 1. The average molecular weight is 394 g/mol. The van der Waals surface area contributed by atoms with Gasteiger partial charge in [0.25, 0.3) is 0 Å². The van der Waals surface area contributed by atoms with E-state index in [1.165, 1.54) is 6.07 Å². The van der Waals surface area contributed by atoms with E-state index in [1.54, 1.807) is 25.3 Å². The van der Waals surface area contributed by atoms with Crippen LogP contribution in [0.15, 0.2) is 42.7 Å². The Morgan fingerprint density at radius 2 is 1.97 bits per heavy atom. The van der Waals surface area contributed by atoms with Crippen LogP contribution < -0.4 is 10.2 Å². The van der Waals surface area contributed by atoms with Crippen LogP contribution in [0.1, 0.15) is 24.2 Å². The zero-order valence-corrected chi connectivity index (χ0v) is 16.5. The van der Waals surface area contributed by atoms with Crippen molar-refractivity contribution >= 4 is 17.4 Å². The molecular weight excluding hydrogens is 371 g/mol. The van der Waals surface area contributed by atoms with Gasteiger partial charge in [-0.15, -0.1) is 10.2 Å². The van der Waals surface area contributed by atoms with Gasteiger partial charge in [-0.2, -0.15) is 0 Å². The molecule has 1 N–H and O–H groups in total. The summed E-state index contributed by atoms with van der Waals surface area (Å²) in [6.45, 7) is 4.98. The molecule has 3 aromatic rings. The number of piperidine rings is 1. The fourth-order valence-electron chi connectivity index (χ4n) is 3.55. The van der Waals surface area contributed by atoms with Crippen LogP contribution in [0.4, 0.5) is 15.9 Å². The number of carbonyl (C=O) groups is 1. The molecule has 150 valence electrons. The molecule has 0 saturated carbocycles. The summed E-state index contributed by atoms with van der Waals surface area (Å²) in [6.07, 6.45) is 5.23. The molecular formula is C21H23FN6O. The van der Waals surface area contributed by atoms with E-state index in [9.17, 15) is 9.18 Å². The standard InChI is InChI=1S/C21H23FN6O/c1-14-5-6-17(12-18(14)22)24-21(29)16-4-3-10-27(13-16)19-7-8-20(26-25-19)28-11-9-23-15(28)2/h5-9,11-12,16H,3-4,10,13H2,1-2H3,(H,24,29). The molecule has 7 nitrogen and oxygen atoms in total. The summed E-state index contributed by atoms with van der Waals surface area (Å²) in [5, 5.41) is 11.5. The van der Waals surface area contributed by atoms with Gasteiger partial charge < -0.3 is 10.2 Å². The van der Waals surface area contributed by atoms with E-state index in [0.29, 0.717) is 23.6 Å². The van der Waals surface area contributed by atoms with Crippen molar-refractivity contribution in [2.45, 2.75) is 26.7 Å². The van der Waals surface area contributed by atoms with Crippen molar-refractivity contribution in [2.24, 2.45) is 5.92 Å². The van der Waals surface area contributed by atoms with Crippen molar-refractivity contribution < 1.29 is 9.18 Å². The van der Waals surface area contributed by atoms with Crippen molar-refractivity contribution in [3.8, 4) is 5.82 Å². The van der Waals surface area contributed by atoms with Crippen LogP contribution in [-0.4, -0.2) is 38.7 Å². The lowest BCUT2D eigenvalue weighted by molar-refractivity contribution is -0.120. The smallest absolute Gasteiger partial charge is 0.229 e. The molecule has 8 heteroatoms. The fourth-order valence-corrected chi connectivity index (χ4v) is 3.55. The normalized spacial score (nSPS) is 16.7. The van der Waals surface area contributed by atoms with Crippen molar-refractivity contribution in [1.29, 1.82) is 0 Å². The van der Waals surface area contributed by atoms with Crippen molar-refractivity contribution in [2.75, 3.05) is 23.3 Å². The maximum Gasteiger partial charge on any atom is 0.229 e. The van der Waals surface area contributed by atoms with Gasteiger partial charge in [0, 0.05) is 31.2 Å². The zero-order chi connectivity index (χ0) is 20.4. The quantitative estimate of drug-likeness (QED) is 0.735. The third kappa shape index (κ3) is 4.11. The molecule has 1 fully saturated rings. The van der Waals surface area contributed by atoms with Crippen molar-refractivity contribution in [3.05, 3.63) is 59.9 Å². The summed E-state index contributed by atoms with van der Waals surface area (Å²) < 4.78 is 15.6. The van der Waals surface area contributed by atoms with Gasteiger partial charge in [-0.25, -0.2) is 9.37 Å². The van der Waals surface area contributed by atoms with Crippen molar-refractivity contribution in [1.82, 2.24) is 19.7 Å². The molecule has 2 aromatic heterocycles. The Bertz CT molecular complexity index is 1020. The molecule has 1 atom stereocenters. The number of hydrogen-bond acceptors (Lipinski definition) is 5. The number of carbonyl (C=O) groups excluding carboxylic acids is 1. The molecule has 4 rings (SSSR count). The number of halogens is 1.